The lowest BCUT2D eigenvalue weighted by Gasteiger charge is -2.31. The van der Waals surface area contributed by atoms with Gasteiger partial charge < -0.3 is 0 Å². The number of hydrogen-bond acceptors (Lipinski definition) is 2. The van der Waals surface area contributed by atoms with E-state index in [2.05, 4.69) is 6.08 Å². The molecule has 2 atom stereocenters. The minimum absolute atomic E-state index is 0.0185. The van der Waals surface area contributed by atoms with Crippen molar-refractivity contribution in [3.8, 4) is 0 Å². The van der Waals surface area contributed by atoms with Crippen LogP contribution in [0.2, 0.25) is 0 Å². The first kappa shape index (κ1) is 8.67. The van der Waals surface area contributed by atoms with Gasteiger partial charge in [-0.05, 0) is 19.8 Å². The van der Waals surface area contributed by atoms with Crippen LogP contribution in [0.4, 0.5) is 0 Å². The third kappa shape index (κ3) is 1.45. The molecule has 0 bridgehead atoms. The van der Waals surface area contributed by atoms with Crippen LogP contribution in [-0.4, -0.2) is 11.6 Å². The molecule has 2 aliphatic rings. The lowest BCUT2D eigenvalue weighted by Crippen LogP contribution is -2.36. The SMILES string of the molecule is CC1=CC[C@H]2C(=O)CCC(=O)C2C1. The third-order valence-corrected chi connectivity index (χ3v) is 3.19. The maximum atomic E-state index is 11.5. The Morgan fingerprint density at radius 3 is 2.46 bits per heavy atom. The van der Waals surface area contributed by atoms with Crippen LogP contribution in [0.15, 0.2) is 11.6 Å². The minimum Gasteiger partial charge on any atom is -0.299 e. The molecule has 0 radical (unpaired) electrons. The molecule has 0 N–H and O–H groups in total. The van der Waals surface area contributed by atoms with E-state index in [4.69, 9.17) is 0 Å². The summed E-state index contributed by atoms with van der Waals surface area (Å²) in [5.74, 6) is 0.640. The van der Waals surface area contributed by atoms with Gasteiger partial charge in [-0.3, -0.25) is 9.59 Å². The van der Waals surface area contributed by atoms with E-state index in [1.54, 1.807) is 0 Å². The number of hydrogen-bond donors (Lipinski definition) is 0. The maximum absolute atomic E-state index is 11.5. The molecule has 0 saturated heterocycles. The molecule has 0 amide bonds. The standard InChI is InChI=1S/C11H14O2/c1-7-2-3-8-9(6-7)11(13)5-4-10(8)12/h2,8-9H,3-6H2,1H3/t8-,9?/m1/s1. The fourth-order valence-electron chi connectivity index (χ4n) is 2.38. The average Bonchev–Trinajstić information content (AvgIpc) is 2.12. The highest BCUT2D eigenvalue weighted by molar-refractivity contribution is 5.96. The van der Waals surface area contributed by atoms with E-state index < -0.39 is 0 Å². The molecule has 0 aromatic heterocycles. The summed E-state index contributed by atoms with van der Waals surface area (Å²) >= 11 is 0. The predicted octanol–water partition coefficient (Wildman–Crippen LogP) is 1.89. The Hall–Kier alpha value is -0.920. The van der Waals surface area contributed by atoms with E-state index in [9.17, 15) is 9.59 Å². The number of allylic oxidation sites excluding steroid dienone is 2. The van der Waals surface area contributed by atoms with E-state index in [1.807, 2.05) is 6.92 Å². The van der Waals surface area contributed by atoms with Crippen LogP contribution in [0.5, 0.6) is 0 Å². The summed E-state index contributed by atoms with van der Waals surface area (Å²) in [4.78, 5) is 23.0. The second-order valence-electron chi connectivity index (χ2n) is 4.14. The molecule has 0 aromatic rings. The van der Waals surface area contributed by atoms with Gasteiger partial charge in [-0.2, -0.15) is 0 Å². The van der Waals surface area contributed by atoms with Gasteiger partial charge in [0.1, 0.15) is 11.6 Å². The van der Waals surface area contributed by atoms with Gasteiger partial charge in [0, 0.05) is 24.7 Å². The lowest BCUT2D eigenvalue weighted by atomic mass is 9.70. The highest BCUT2D eigenvalue weighted by atomic mass is 16.1. The fraction of sp³-hybridized carbons (Fsp3) is 0.636. The first-order chi connectivity index (χ1) is 6.18. The second kappa shape index (κ2) is 3.09. The molecule has 0 heterocycles. The smallest absolute Gasteiger partial charge is 0.137 e. The summed E-state index contributed by atoms with van der Waals surface area (Å²) in [7, 11) is 0. The van der Waals surface area contributed by atoms with Crippen molar-refractivity contribution in [2.24, 2.45) is 11.8 Å². The molecule has 0 spiro atoms. The molecular formula is C11H14O2. The Labute approximate surface area is 78.0 Å². The zero-order valence-corrected chi connectivity index (χ0v) is 7.88. The molecule has 0 aliphatic heterocycles. The van der Waals surface area contributed by atoms with Gasteiger partial charge in [0.05, 0.1) is 0 Å². The normalized spacial score (nSPS) is 34.1. The predicted molar refractivity (Wildman–Crippen MR) is 49.2 cm³/mol. The molecular weight excluding hydrogens is 164 g/mol. The number of Topliss-reactive ketones (excluding diaryl/α,β-unsaturated/α-hetero) is 2. The van der Waals surface area contributed by atoms with Gasteiger partial charge in [-0.1, -0.05) is 11.6 Å². The molecule has 2 nitrogen and oxygen atoms in total. The van der Waals surface area contributed by atoms with Crippen LogP contribution in [-0.2, 0) is 9.59 Å². The molecule has 0 aromatic carbocycles. The highest BCUT2D eigenvalue weighted by Gasteiger charge is 2.38. The number of ketones is 2. The molecule has 13 heavy (non-hydrogen) atoms. The van der Waals surface area contributed by atoms with Crippen LogP contribution in [0, 0.1) is 11.8 Å². The maximum Gasteiger partial charge on any atom is 0.137 e. The number of carbonyl (C=O) groups excluding carboxylic acids is 2. The Kier molecular flexibility index (Phi) is 2.06. The molecule has 2 heteroatoms. The lowest BCUT2D eigenvalue weighted by molar-refractivity contribution is -0.137. The topological polar surface area (TPSA) is 34.1 Å². The van der Waals surface area contributed by atoms with Gasteiger partial charge in [-0.25, -0.2) is 0 Å². The Morgan fingerprint density at radius 1 is 1.15 bits per heavy atom. The van der Waals surface area contributed by atoms with E-state index in [-0.39, 0.29) is 11.8 Å². The summed E-state index contributed by atoms with van der Waals surface area (Å²) in [6, 6.07) is 0. The van der Waals surface area contributed by atoms with Crippen LogP contribution >= 0.6 is 0 Å². The largest absolute Gasteiger partial charge is 0.299 e. The number of fused-ring (bicyclic) bond motifs is 1. The second-order valence-corrected chi connectivity index (χ2v) is 4.14. The summed E-state index contributed by atoms with van der Waals surface area (Å²) < 4.78 is 0. The van der Waals surface area contributed by atoms with Gasteiger partial charge in [0.15, 0.2) is 0 Å². The monoisotopic (exact) mass is 178 g/mol. The zero-order valence-electron chi connectivity index (χ0n) is 7.88. The van der Waals surface area contributed by atoms with Gasteiger partial charge in [0.25, 0.3) is 0 Å². The van der Waals surface area contributed by atoms with E-state index >= 15 is 0 Å². The van der Waals surface area contributed by atoms with Crippen molar-refractivity contribution in [3.05, 3.63) is 11.6 Å². The fourth-order valence-corrected chi connectivity index (χ4v) is 2.38. The quantitative estimate of drug-likeness (QED) is 0.531. The Morgan fingerprint density at radius 2 is 1.77 bits per heavy atom. The average molecular weight is 178 g/mol. The van der Waals surface area contributed by atoms with Crippen molar-refractivity contribution in [1.29, 1.82) is 0 Å². The van der Waals surface area contributed by atoms with Crippen molar-refractivity contribution >= 4 is 11.6 Å². The summed E-state index contributed by atoms with van der Waals surface area (Å²) in [5.41, 5.74) is 1.27. The molecule has 1 fully saturated rings. The van der Waals surface area contributed by atoms with Gasteiger partial charge in [0.2, 0.25) is 0 Å². The first-order valence-corrected chi connectivity index (χ1v) is 4.89. The summed E-state index contributed by atoms with van der Waals surface area (Å²) in [5, 5.41) is 0. The summed E-state index contributed by atoms with van der Waals surface area (Å²) in [6.45, 7) is 2.04. The minimum atomic E-state index is 0.0185. The van der Waals surface area contributed by atoms with E-state index in [0.717, 1.165) is 12.8 Å². The molecule has 2 aliphatic carbocycles. The van der Waals surface area contributed by atoms with Crippen molar-refractivity contribution in [2.45, 2.75) is 32.6 Å². The van der Waals surface area contributed by atoms with Crippen molar-refractivity contribution < 1.29 is 9.59 Å². The van der Waals surface area contributed by atoms with Crippen LogP contribution in [0.3, 0.4) is 0 Å². The molecule has 1 saturated carbocycles. The van der Waals surface area contributed by atoms with Crippen molar-refractivity contribution in [2.75, 3.05) is 0 Å². The Bertz CT molecular complexity index is 288. The highest BCUT2D eigenvalue weighted by Crippen LogP contribution is 2.35. The molecule has 70 valence electrons. The van der Waals surface area contributed by atoms with Crippen molar-refractivity contribution in [1.82, 2.24) is 0 Å². The molecule has 1 unspecified atom stereocenters. The van der Waals surface area contributed by atoms with Gasteiger partial charge in [-0.15, -0.1) is 0 Å². The van der Waals surface area contributed by atoms with Crippen LogP contribution in [0.25, 0.3) is 0 Å². The van der Waals surface area contributed by atoms with Crippen molar-refractivity contribution in [3.63, 3.8) is 0 Å². The van der Waals surface area contributed by atoms with Crippen LogP contribution in [0.1, 0.15) is 32.6 Å². The third-order valence-electron chi connectivity index (χ3n) is 3.19. The Balaban J connectivity index is 2.24. The van der Waals surface area contributed by atoms with E-state index in [0.29, 0.717) is 24.4 Å². The zero-order chi connectivity index (χ0) is 9.42. The van der Waals surface area contributed by atoms with Gasteiger partial charge >= 0.3 is 0 Å². The number of carbonyl (C=O) groups is 2. The molecule has 2 rings (SSSR count). The number of rotatable bonds is 0. The first-order valence-electron chi connectivity index (χ1n) is 4.89. The summed E-state index contributed by atoms with van der Waals surface area (Å²) in [6.07, 6.45) is 4.67. The van der Waals surface area contributed by atoms with Crippen LogP contribution < -0.4 is 0 Å². The van der Waals surface area contributed by atoms with E-state index in [1.165, 1.54) is 5.57 Å².